The van der Waals surface area contributed by atoms with E-state index in [9.17, 15) is 13.2 Å². The second-order valence-electron chi connectivity index (χ2n) is 5.27. The summed E-state index contributed by atoms with van der Waals surface area (Å²) in [6.45, 7) is 0. The SMILES string of the molecule is CN(C(=O)c1cc2cc(Cl)ccc2o1)C1CCS(=O)(=O)C1. The largest absolute Gasteiger partial charge is 0.451 e. The molecule has 0 bridgehead atoms. The van der Waals surface area contributed by atoms with Gasteiger partial charge in [0.2, 0.25) is 0 Å². The number of halogens is 1. The van der Waals surface area contributed by atoms with Crippen molar-refractivity contribution in [3.8, 4) is 0 Å². The lowest BCUT2D eigenvalue weighted by atomic mass is 10.2. The van der Waals surface area contributed by atoms with Gasteiger partial charge in [-0.1, -0.05) is 11.6 Å². The molecular weight excluding hydrogens is 314 g/mol. The fourth-order valence-electron chi connectivity index (χ4n) is 2.54. The molecule has 0 spiro atoms. The molecule has 3 rings (SSSR count). The molecule has 0 N–H and O–H groups in total. The van der Waals surface area contributed by atoms with Crippen LogP contribution in [0.25, 0.3) is 11.0 Å². The first-order chi connectivity index (χ1) is 9.85. The van der Waals surface area contributed by atoms with Crippen molar-refractivity contribution in [3.63, 3.8) is 0 Å². The Morgan fingerprint density at radius 2 is 2.14 bits per heavy atom. The third-order valence-electron chi connectivity index (χ3n) is 3.77. The summed E-state index contributed by atoms with van der Waals surface area (Å²) in [5.74, 6) is 0.0234. The molecule has 5 nitrogen and oxygen atoms in total. The molecular formula is C14H14ClNO4S. The molecule has 1 aromatic carbocycles. The number of carbonyl (C=O) groups is 1. The van der Waals surface area contributed by atoms with E-state index in [0.29, 0.717) is 17.0 Å². The highest BCUT2D eigenvalue weighted by molar-refractivity contribution is 7.91. The van der Waals surface area contributed by atoms with Gasteiger partial charge in [0, 0.05) is 23.5 Å². The topological polar surface area (TPSA) is 67.6 Å². The van der Waals surface area contributed by atoms with E-state index in [1.54, 1.807) is 31.3 Å². The zero-order chi connectivity index (χ0) is 15.2. The van der Waals surface area contributed by atoms with Crippen LogP contribution in [0.2, 0.25) is 5.02 Å². The molecule has 1 aliphatic rings. The Labute approximate surface area is 127 Å². The first-order valence-electron chi connectivity index (χ1n) is 6.52. The second kappa shape index (κ2) is 5.03. The van der Waals surface area contributed by atoms with Crippen molar-refractivity contribution in [3.05, 3.63) is 35.0 Å². The molecule has 1 fully saturated rings. The van der Waals surface area contributed by atoms with Crippen LogP contribution in [-0.4, -0.2) is 43.8 Å². The minimum Gasteiger partial charge on any atom is -0.451 e. The van der Waals surface area contributed by atoms with Crippen LogP contribution in [0.3, 0.4) is 0 Å². The molecule has 1 saturated heterocycles. The first-order valence-corrected chi connectivity index (χ1v) is 8.72. The molecule has 21 heavy (non-hydrogen) atoms. The lowest BCUT2D eigenvalue weighted by molar-refractivity contribution is 0.0718. The van der Waals surface area contributed by atoms with Gasteiger partial charge in [-0.25, -0.2) is 8.42 Å². The zero-order valence-corrected chi connectivity index (χ0v) is 12.9. The van der Waals surface area contributed by atoms with Crippen LogP contribution in [0, 0.1) is 0 Å². The average molecular weight is 328 g/mol. The second-order valence-corrected chi connectivity index (χ2v) is 7.93. The summed E-state index contributed by atoms with van der Waals surface area (Å²) in [5, 5.41) is 1.32. The molecule has 1 amide bonds. The molecule has 0 radical (unpaired) electrons. The number of fused-ring (bicyclic) bond motifs is 1. The van der Waals surface area contributed by atoms with Gasteiger partial charge in [0.15, 0.2) is 15.6 Å². The first kappa shape index (κ1) is 14.4. The molecule has 1 atom stereocenters. The minimum atomic E-state index is -3.03. The van der Waals surface area contributed by atoms with Crippen LogP contribution in [0.4, 0.5) is 0 Å². The standard InChI is InChI=1S/C14H14ClNO4S/c1-16(11-4-5-21(18,19)8-11)14(17)13-7-9-6-10(15)2-3-12(9)20-13/h2-3,6-7,11H,4-5,8H2,1H3. The van der Waals surface area contributed by atoms with Crippen LogP contribution in [0.5, 0.6) is 0 Å². The number of hydrogen-bond acceptors (Lipinski definition) is 4. The van der Waals surface area contributed by atoms with Gasteiger partial charge in [0.25, 0.3) is 5.91 Å². The molecule has 0 aliphatic carbocycles. The normalized spacial score (nSPS) is 20.8. The van der Waals surface area contributed by atoms with E-state index in [4.69, 9.17) is 16.0 Å². The highest BCUT2D eigenvalue weighted by Crippen LogP contribution is 2.25. The van der Waals surface area contributed by atoms with E-state index >= 15 is 0 Å². The van der Waals surface area contributed by atoms with Crippen LogP contribution in [0.15, 0.2) is 28.7 Å². The fraction of sp³-hybridized carbons (Fsp3) is 0.357. The highest BCUT2D eigenvalue weighted by atomic mass is 35.5. The van der Waals surface area contributed by atoms with Crippen LogP contribution < -0.4 is 0 Å². The Balaban J connectivity index is 1.86. The summed E-state index contributed by atoms with van der Waals surface area (Å²) in [5.41, 5.74) is 0.579. The Hall–Kier alpha value is -1.53. The number of carbonyl (C=O) groups excluding carboxylic acids is 1. The van der Waals surface area contributed by atoms with E-state index in [1.807, 2.05) is 0 Å². The van der Waals surface area contributed by atoms with Crippen molar-refractivity contribution in [2.75, 3.05) is 18.6 Å². The van der Waals surface area contributed by atoms with E-state index in [1.165, 1.54) is 4.90 Å². The van der Waals surface area contributed by atoms with Crippen molar-refractivity contribution in [2.24, 2.45) is 0 Å². The maximum atomic E-state index is 12.4. The minimum absolute atomic E-state index is 0.0152. The van der Waals surface area contributed by atoms with Crippen LogP contribution >= 0.6 is 11.6 Å². The number of hydrogen-bond donors (Lipinski definition) is 0. The summed E-state index contributed by atoms with van der Waals surface area (Å²) in [7, 11) is -1.42. The molecule has 112 valence electrons. The van der Waals surface area contributed by atoms with E-state index in [0.717, 1.165) is 5.39 Å². The van der Waals surface area contributed by atoms with Crippen molar-refractivity contribution >= 4 is 38.3 Å². The van der Waals surface area contributed by atoms with E-state index in [-0.39, 0.29) is 29.2 Å². The molecule has 7 heteroatoms. The molecule has 1 aromatic heterocycles. The van der Waals surface area contributed by atoms with Gasteiger partial charge in [0.1, 0.15) is 5.58 Å². The van der Waals surface area contributed by atoms with Gasteiger partial charge in [-0.3, -0.25) is 4.79 Å². The van der Waals surface area contributed by atoms with Crippen molar-refractivity contribution < 1.29 is 17.6 Å². The van der Waals surface area contributed by atoms with Crippen LogP contribution in [0.1, 0.15) is 17.0 Å². The third-order valence-corrected chi connectivity index (χ3v) is 5.75. The monoisotopic (exact) mass is 327 g/mol. The maximum Gasteiger partial charge on any atom is 0.289 e. The van der Waals surface area contributed by atoms with Gasteiger partial charge in [-0.05, 0) is 30.7 Å². The third kappa shape index (κ3) is 2.78. The number of benzene rings is 1. The number of rotatable bonds is 2. The van der Waals surface area contributed by atoms with E-state index < -0.39 is 9.84 Å². The lowest BCUT2D eigenvalue weighted by Crippen LogP contribution is -2.37. The summed E-state index contributed by atoms with van der Waals surface area (Å²) in [6, 6.07) is 6.45. The maximum absolute atomic E-state index is 12.4. The van der Waals surface area contributed by atoms with Crippen molar-refractivity contribution in [1.82, 2.24) is 4.90 Å². The lowest BCUT2D eigenvalue weighted by Gasteiger charge is -2.22. The quantitative estimate of drug-likeness (QED) is 0.849. The molecule has 2 aromatic rings. The van der Waals surface area contributed by atoms with Gasteiger partial charge in [0.05, 0.1) is 11.5 Å². The van der Waals surface area contributed by atoms with Gasteiger partial charge < -0.3 is 9.32 Å². The zero-order valence-electron chi connectivity index (χ0n) is 11.4. The number of amides is 1. The predicted molar refractivity (Wildman–Crippen MR) is 80.4 cm³/mol. The molecule has 1 aliphatic heterocycles. The molecule has 2 heterocycles. The highest BCUT2D eigenvalue weighted by Gasteiger charge is 2.33. The number of furan rings is 1. The summed E-state index contributed by atoms with van der Waals surface area (Å²) < 4.78 is 28.5. The van der Waals surface area contributed by atoms with Crippen molar-refractivity contribution in [2.45, 2.75) is 12.5 Å². The van der Waals surface area contributed by atoms with Gasteiger partial charge in [-0.15, -0.1) is 0 Å². The van der Waals surface area contributed by atoms with E-state index in [2.05, 4.69) is 0 Å². The van der Waals surface area contributed by atoms with Gasteiger partial charge in [-0.2, -0.15) is 0 Å². The smallest absolute Gasteiger partial charge is 0.289 e. The Morgan fingerprint density at radius 1 is 1.38 bits per heavy atom. The molecule has 1 unspecified atom stereocenters. The predicted octanol–water partition coefficient (Wildman–Crippen LogP) is 2.35. The summed E-state index contributed by atoms with van der Waals surface area (Å²) in [6.07, 6.45) is 0.469. The average Bonchev–Trinajstić information content (AvgIpc) is 2.99. The molecule has 0 saturated carbocycles. The Kier molecular flexibility index (Phi) is 3.45. The summed E-state index contributed by atoms with van der Waals surface area (Å²) in [4.78, 5) is 13.8. The number of sulfone groups is 1. The summed E-state index contributed by atoms with van der Waals surface area (Å²) >= 11 is 5.90. The number of nitrogens with zero attached hydrogens (tertiary/aromatic N) is 1. The van der Waals surface area contributed by atoms with Crippen LogP contribution in [-0.2, 0) is 9.84 Å². The van der Waals surface area contributed by atoms with Crippen molar-refractivity contribution in [1.29, 1.82) is 0 Å². The Bertz CT molecular complexity index is 811. The Morgan fingerprint density at radius 3 is 2.81 bits per heavy atom. The fourth-order valence-corrected chi connectivity index (χ4v) is 4.50. The van der Waals surface area contributed by atoms with Gasteiger partial charge >= 0.3 is 0 Å².